The van der Waals surface area contributed by atoms with Gasteiger partial charge in [-0.3, -0.25) is 9.59 Å². The van der Waals surface area contributed by atoms with Gasteiger partial charge in [0, 0.05) is 0 Å². The molecule has 0 spiro atoms. The second-order valence-corrected chi connectivity index (χ2v) is 7.25. The number of carbonyl (C=O) groups is 2. The summed E-state index contributed by atoms with van der Waals surface area (Å²) in [6.07, 6.45) is 1.01. The number of benzene rings is 1. The van der Waals surface area contributed by atoms with Crippen LogP contribution in [0.15, 0.2) is 24.3 Å². The minimum absolute atomic E-state index is 0.169. The number of aliphatic carboxylic acids is 1. The normalized spacial score (nSPS) is 29.1. The van der Waals surface area contributed by atoms with E-state index in [9.17, 15) is 14.7 Å². The lowest BCUT2D eigenvalue weighted by Crippen LogP contribution is -2.49. The SMILES string of the molecule is COc1ccccc1NC(=O)C1(C)CCC(C)(C(=O)O)C1(C)C. The third-order valence-corrected chi connectivity index (χ3v) is 6.21. The van der Waals surface area contributed by atoms with Crippen molar-refractivity contribution in [3.05, 3.63) is 24.3 Å². The Kier molecular flexibility index (Phi) is 4.18. The molecule has 1 aliphatic carbocycles. The number of methoxy groups -OCH3 is 1. The van der Waals surface area contributed by atoms with Gasteiger partial charge in [0.25, 0.3) is 0 Å². The number of para-hydroxylation sites is 2. The number of carboxylic acids is 1. The lowest BCUT2D eigenvalue weighted by molar-refractivity contribution is -0.157. The van der Waals surface area contributed by atoms with Gasteiger partial charge in [-0.1, -0.05) is 32.9 Å². The molecular weight excluding hydrogens is 294 g/mol. The van der Waals surface area contributed by atoms with Gasteiger partial charge in [0.05, 0.1) is 23.6 Å². The summed E-state index contributed by atoms with van der Waals surface area (Å²) in [5.41, 5.74) is -1.79. The zero-order valence-corrected chi connectivity index (χ0v) is 14.4. The number of amides is 1. The summed E-state index contributed by atoms with van der Waals surface area (Å²) in [7, 11) is 1.55. The molecule has 1 amide bonds. The lowest BCUT2D eigenvalue weighted by atomic mass is 9.59. The number of ether oxygens (including phenoxy) is 1. The van der Waals surface area contributed by atoms with Gasteiger partial charge >= 0.3 is 5.97 Å². The molecule has 1 aromatic rings. The molecule has 0 heterocycles. The molecule has 5 nitrogen and oxygen atoms in total. The van der Waals surface area contributed by atoms with E-state index >= 15 is 0 Å². The molecule has 0 saturated heterocycles. The van der Waals surface area contributed by atoms with Gasteiger partial charge in [0.15, 0.2) is 0 Å². The maximum absolute atomic E-state index is 13.0. The van der Waals surface area contributed by atoms with E-state index in [4.69, 9.17) is 4.74 Å². The highest BCUT2D eigenvalue weighted by atomic mass is 16.5. The molecule has 0 bridgehead atoms. The number of nitrogens with one attached hydrogen (secondary N) is 1. The van der Waals surface area contributed by atoms with Gasteiger partial charge in [-0.05, 0) is 37.3 Å². The summed E-state index contributed by atoms with van der Waals surface area (Å²) in [5.74, 6) is -0.436. The van der Waals surface area contributed by atoms with E-state index in [1.807, 2.05) is 32.9 Å². The van der Waals surface area contributed by atoms with Crippen LogP contribution in [0.1, 0.15) is 40.5 Å². The molecule has 0 aromatic heterocycles. The van der Waals surface area contributed by atoms with Crippen LogP contribution in [-0.2, 0) is 9.59 Å². The largest absolute Gasteiger partial charge is 0.495 e. The maximum Gasteiger partial charge on any atom is 0.309 e. The van der Waals surface area contributed by atoms with Crippen molar-refractivity contribution in [3.63, 3.8) is 0 Å². The summed E-state index contributed by atoms with van der Waals surface area (Å²) >= 11 is 0. The van der Waals surface area contributed by atoms with Crippen molar-refractivity contribution >= 4 is 17.6 Å². The molecule has 0 radical (unpaired) electrons. The summed E-state index contributed by atoms with van der Waals surface area (Å²) in [6.45, 7) is 7.33. The molecule has 23 heavy (non-hydrogen) atoms. The molecule has 2 unspecified atom stereocenters. The van der Waals surface area contributed by atoms with Gasteiger partial charge < -0.3 is 15.2 Å². The molecule has 2 N–H and O–H groups in total. The van der Waals surface area contributed by atoms with Crippen molar-refractivity contribution in [3.8, 4) is 5.75 Å². The van der Waals surface area contributed by atoms with Gasteiger partial charge in [0.1, 0.15) is 5.75 Å². The van der Waals surface area contributed by atoms with Gasteiger partial charge in [-0.25, -0.2) is 0 Å². The molecule has 126 valence electrons. The summed E-state index contributed by atoms with van der Waals surface area (Å²) in [6, 6.07) is 7.20. The first-order valence-electron chi connectivity index (χ1n) is 7.78. The minimum atomic E-state index is -0.931. The maximum atomic E-state index is 13.0. The highest BCUT2D eigenvalue weighted by molar-refractivity contribution is 5.98. The van der Waals surface area contributed by atoms with Gasteiger partial charge in [-0.2, -0.15) is 0 Å². The van der Waals surface area contributed by atoms with Crippen LogP contribution in [0.2, 0.25) is 0 Å². The number of anilines is 1. The first-order valence-corrected chi connectivity index (χ1v) is 7.78. The molecular formula is C18H25NO4. The van der Waals surface area contributed by atoms with Crippen molar-refractivity contribution in [2.24, 2.45) is 16.2 Å². The summed E-state index contributed by atoms with van der Waals surface area (Å²) < 4.78 is 5.26. The van der Waals surface area contributed by atoms with E-state index in [1.54, 1.807) is 26.2 Å². The van der Waals surface area contributed by atoms with Crippen LogP contribution in [0.3, 0.4) is 0 Å². The van der Waals surface area contributed by atoms with Crippen LogP contribution < -0.4 is 10.1 Å². The quantitative estimate of drug-likeness (QED) is 0.890. The predicted molar refractivity (Wildman–Crippen MR) is 88.5 cm³/mol. The highest BCUT2D eigenvalue weighted by Gasteiger charge is 2.64. The Morgan fingerprint density at radius 1 is 1.09 bits per heavy atom. The van der Waals surface area contributed by atoms with Crippen molar-refractivity contribution in [1.82, 2.24) is 0 Å². The standard InChI is InChI=1S/C18H25NO4/c1-16(2)17(3,10-11-18(16,4)15(21)22)14(20)19-12-8-6-7-9-13(12)23-5/h6-9H,10-11H2,1-5H3,(H,19,20)(H,21,22). The first-order chi connectivity index (χ1) is 10.6. The topological polar surface area (TPSA) is 75.6 Å². The average molecular weight is 319 g/mol. The fourth-order valence-corrected chi connectivity index (χ4v) is 3.51. The Labute approximate surface area is 137 Å². The number of hydrogen-bond donors (Lipinski definition) is 2. The Morgan fingerprint density at radius 2 is 1.65 bits per heavy atom. The summed E-state index contributed by atoms with van der Waals surface area (Å²) in [5, 5.41) is 12.6. The molecule has 1 fully saturated rings. The second kappa shape index (κ2) is 5.55. The molecule has 1 aromatic carbocycles. The molecule has 2 rings (SSSR count). The van der Waals surface area contributed by atoms with E-state index in [0.717, 1.165) is 0 Å². The fourth-order valence-electron chi connectivity index (χ4n) is 3.51. The van der Waals surface area contributed by atoms with Crippen LogP contribution in [0.5, 0.6) is 5.75 Å². The molecule has 1 saturated carbocycles. The van der Waals surface area contributed by atoms with Crippen LogP contribution in [-0.4, -0.2) is 24.1 Å². The average Bonchev–Trinajstić information content (AvgIpc) is 2.70. The van der Waals surface area contributed by atoms with Crippen LogP contribution in [0.4, 0.5) is 5.69 Å². The molecule has 0 aliphatic heterocycles. The monoisotopic (exact) mass is 319 g/mol. The second-order valence-electron chi connectivity index (χ2n) is 7.25. The third-order valence-electron chi connectivity index (χ3n) is 6.21. The van der Waals surface area contributed by atoms with E-state index < -0.39 is 22.2 Å². The van der Waals surface area contributed by atoms with Crippen molar-refractivity contribution in [2.75, 3.05) is 12.4 Å². The summed E-state index contributed by atoms with van der Waals surface area (Å²) in [4.78, 5) is 24.7. The van der Waals surface area contributed by atoms with Gasteiger partial charge in [-0.15, -0.1) is 0 Å². The Balaban J connectivity index is 2.34. The van der Waals surface area contributed by atoms with Gasteiger partial charge in [0.2, 0.25) is 5.91 Å². The van der Waals surface area contributed by atoms with Crippen molar-refractivity contribution < 1.29 is 19.4 Å². The molecule has 5 heteroatoms. The minimum Gasteiger partial charge on any atom is -0.495 e. The molecule has 1 aliphatic rings. The van der Waals surface area contributed by atoms with E-state index in [1.165, 1.54) is 0 Å². The number of carbonyl (C=O) groups excluding carboxylic acids is 1. The molecule has 2 atom stereocenters. The number of rotatable bonds is 4. The Hall–Kier alpha value is -2.04. The predicted octanol–water partition coefficient (Wildman–Crippen LogP) is 3.55. The van der Waals surface area contributed by atoms with Crippen LogP contribution in [0, 0.1) is 16.2 Å². The van der Waals surface area contributed by atoms with Crippen molar-refractivity contribution in [2.45, 2.75) is 40.5 Å². The Bertz CT molecular complexity index is 640. The third kappa shape index (κ3) is 2.38. The first kappa shape index (κ1) is 17.3. The van der Waals surface area contributed by atoms with E-state index in [-0.39, 0.29) is 5.91 Å². The van der Waals surface area contributed by atoms with Crippen LogP contribution in [0.25, 0.3) is 0 Å². The smallest absolute Gasteiger partial charge is 0.309 e. The zero-order chi connectivity index (χ0) is 17.5. The highest BCUT2D eigenvalue weighted by Crippen LogP contribution is 2.63. The Morgan fingerprint density at radius 3 is 2.17 bits per heavy atom. The fraction of sp³-hybridized carbons (Fsp3) is 0.556. The van der Waals surface area contributed by atoms with Crippen LogP contribution >= 0.6 is 0 Å². The lowest BCUT2D eigenvalue weighted by Gasteiger charge is -2.44. The number of hydrogen-bond acceptors (Lipinski definition) is 3. The van der Waals surface area contributed by atoms with E-state index in [2.05, 4.69) is 5.32 Å². The zero-order valence-electron chi connectivity index (χ0n) is 14.4. The number of carboxylic acid groups (broad SMARTS) is 1. The van der Waals surface area contributed by atoms with E-state index in [0.29, 0.717) is 24.3 Å². The van der Waals surface area contributed by atoms with Crippen molar-refractivity contribution in [1.29, 1.82) is 0 Å².